The van der Waals surface area contributed by atoms with E-state index in [2.05, 4.69) is 62.7 Å². The largest absolute Gasteiger partial charge is 0.129 e. The predicted molar refractivity (Wildman–Crippen MR) is 69.0 cm³/mol. The van der Waals surface area contributed by atoms with Crippen LogP contribution in [0.15, 0.2) is 74.0 Å². The van der Waals surface area contributed by atoms with E-state index in [9.17, 15) is 0 Å². The second-order valence-electron chi connectivity index (χ2n) is 2.96. The molecule has 0 aliphatic rings. The number of rotatable bonds is 3. The fourth-order valence-electron chi connectivity index (χ4n) is 1.16. The Hall–Kier alpha value is -1.78. The zero-order valence-electron chi connectivity index (χ0n) is 9.32. The van der Waals surface area contributed by atoms with Crippen LogP contribution in [0.4, 0.5) is 0 Å². The van der Waals surface area contributed by atoms with Crippen molar-refractivity contribution < 1.29 is 0 Å². The Morgan fingerprint density at radius 1 is 1.20 bits per heavy atom. The Morgan fingerprint density at radius 3 is 2.33 bits per heavy atom. The van der Waals surface area contributed by atoms with Crippen LogP contribution in [0.25, 0.3) is 0 Å². The van der Waals surface area contributed by atoms with E-state index in [0.717, 1.165) is 0 Å². The summed E-state index contributed by atoms with van der Waals surface area (Å²) in [7, 11) is 0. The van der Waals surface area contributed by atoms with E-state index in [1.54, 1.807) is 0 Å². The molecule has 1 unspecified atom stereocenters. The standard InChI is InChI=1S/C13H14.C2H4/c1-3-4-6-9-12(2)13-10-7-5-8-11-13;1-2/h4-12H,1H2,2H3;1-2H2. The Balaban J connectivity index is 0.000000921. The SMILES string of the molecule is C=C.C=C=CC=CC(C)c1ccccc1. The van der Waals surface area contributed by atoms with Gasteiger partial charge in [0.05, 0.1) is 0 Å². The Kier molecular flexibility index (Phi) is 7.76. The van der Waals surface area contributed by atoms with Gasteiger partial charge in [-0.3, -0.25) is 0 Å². The highest BCUT2D eigenvalue weighted by Gasteiger charge is 1.97. The van der Waals surface area contributed by atoms with E-state index in [1.807, 2.05) is 18.2 Å². The van der Waals surface area contributed by atoms with Crippen molar-refractivity contribution in [3.05, 3.63) is 79.6 Å². The molecular formula is C15H18. The van der Waals surface area contributed by atoms with Gasteiger partial charge in [-0.15, -0.1) is 18.9 Å². The monoisotopic (exact) mass is 198 g/mol. The van der Waals surface area contributed by atoms with Gasteiger partial charge in [-0.25, -0.2) is 0 Å². The lowest BCUT2D eigenvalue weighted by molar-refractivity contribution is 0.968. The highest BCUT2D eigenvalue weighted by atomic mass is 14.0. The van der Waals surface area contributed by atoms with Gasteiger partial charge in [-0.05, 0) is 17.6 Å². The van der Waals surface area contributed by atoms with Crippen molar-refractivity contribution in [2.75, 3.05) is 0 Å². The maximum absolute atomic E-state index is 3.50. The average Bonchev–Trinajstić information content (AvgIpc) is 2.33. The number of hydrogen-bond acceptors (Lipinski definition) is 0. The van der Waals surface area contributed by atoms with Gasteiger partial charge in [-0.1, -0.05) is 56.0 Å². The Labute approximate surface area is 93.0 Å². The van der Waals surface area contributed by atoms with Crippen LogP contribution in [-0.2, 0) is 0 Å². The molecule has 0 fully saturated rings. The molecule has 0 aliphatic carbocycles. The van der Waals surface area contributed by atoms with E-state index in [1.165, 1.54) is 5.56 Å². The fraction of sp³-hybridized carbons (Fsp3) is 0.133. The molecule has 15 heavy (non-hydrogen) atoms. The normalized spacial score (nSPS) is 11.0. The Bertz CT molecular complexity index is 326. The molecule has 0 spiro atoms. The minimum atomic E-state index is 0.450. The molecule has 0 N–H and O–H groups in total. The number of allylic oxidation sites excluding steroid dienone is 3. The van der Waals surface area contributed by atoms with Gasteiger partial charge < -0.3 is 0 Å². The van der Waals surface area contributed by atoms with Crippen LogP contribution in [0.1, 0.15) is 18.4 Å². The molecule has 78 valence electrons. The lowest BCUT2D eigenvalue weighted by Crippen LogP contribution is -1.86. The summed E-state index contributed by atoms with van der Waals surface area (Å²) in [6.07, 6.45) is 5.93. The molecule has 1 rings (SSSR count). The van der Waals surface area contributed by atoms with Crippen LogP contribution < -0.4 is 0 Å². The van der Waals surface area contributed by atoms with Crippen LogP contribution in [-0.4, -0.2) is 0 Å². The number of benzene rings is 1. The molecule has 1 aromatic rings. The maximum atomic E-state index is 3.50. The van der Waals surface area contributed by atoms with E-state index >= 15 is 0 Å². The Morgan fingerprint density at radius 2 is 1.80 bits per heavy atom. The molecular weight excluding hydrogens is 180 g/mol. The van der Waals surface area contributed by atoms with Crippen molar-refractivity contribution in [2.24, 2.45) is 0 Å². The summed E-state index contributed by atoms with van der Waals surface area (Å²) in [5.41, 5.74) is 4.04. The van der Waals surface area contributed by atoms with Crippen molar-refractivity contribution in [3.63, 3.8) is 0 Å². The summed E-state index contributed by atoms with van der Waals surface area (Å²) >= 11 is 0. The molecule has 0 radical (unpaired) electrons. The second-order valence-corrected chi connectivity index (χ2v) is 2.96. The van der Waals surface area contributed by atoms with Gasteiger partial charge in [0.2, 0.25) is 0 Å². The predicted octanol–water partition coefficient (Wildman–Crippen LogP) is 4.49. The highest BCUT2D eigenvalue weighted by Crippen LogP contribution is 2.15. The summed E-state index contributed by atoms with van der Waals surface area (Å²) in [6.45, 7) is 11.7. The van der Waals surface area contributed by atoms with Gasteiger partial charge in [0.15, 0.2) is 0 Å². The second kappa shape index (κ2) is 8.80. The fourth-order valence-corrected chi connectivity index (χ4v) is 1.16. The summed E-state index contributed by atoms with van der Waals surface area (Å²) < 4.78 is 0. The van der Waals surface area contributed by atoms with E-state index in [0.29, 0.717) is 5.92 Å². The lowest BCUT2D eigenvalue weighted by atomic mass is 10.0. The van der Waals surface area contributed by atoms with Gasteiger partial charge in [0.1, 0.15) is 0 Å². The minimum absolute atomic E-state index is 0.450. The van der Waals surface area contributed by atoms with Gasteiger partial charge in [-0.2, -0.15) is 0 Å². The van der Waals surface area contributed by atoms with Crippen molar-refractivity contribution in [2.45, 2.75) is 12.8 Å². The molecule has 0 heterocycles. The van der Waals surface area contributed by atoms with Crippen LogP contribution in [0.5, 0.6) is 0 Å². The minimum Gasteiger partial charge on any atom is -0.129 e. The van der Waals surface area contributed by atoms with Gasteiger partial charge in [0.25, 0.3) is 0 Å². The molecule has 0 nitrogen and oxygen atoms in total. The van der Waals surface area contributed by atoms with E-state index < -0.39 is 0 Å². The summed E-state index contributed by atoms with van der Waals surface area (Å²) in [5, 5.41) is 0. The van der Waals surface area contributed by atoms with Crippen LogP contribution >= 0.6 is 0 Å². The third kappa shape index (κ3) is 5.51. The van der Waals surface area contributed by atoms with E-state index in [-0.39, 0.29) is 0 Å². The molecule has 0 saturated heterocycles. The molecule has 0 aromatic heterocycles. The van der Waals surface area contributed by atoms with Crippen molar-refractivity contribution in [1.29, 1.82) is 0 Å². The summed E-state index contributed by atoms with van der Waals surface area (Å²) in [6, 6.07) is 10.4. The third-order valence-corrected chi connectivity index (χ3v) is 1.94. The number of hydrogen-bond donors (Lipinski definition) is 0. The highest BCUT2D eigenvalue weighted by molar-refractivity contribution is 5.23. The van der Waals surface area contributed by atoms with Crippen molar-refractivity contribution in [1.82, 2.24) is 0 Å². The average molecular weight is 198 g/mol. The summed E-state index contributed by atoms with van der Waals surface area (Å²) in [4.78, 5) is 0. The third-order valence-electron chi connectivity index (χ3n) is 1.94. The summed E-state index contributed by atoms with van der Waals surface area (Å²) in [5.74, 6) is 0.450. The van der Waals surface area contributed by atoms with Crippen molar-refractivity contribution >= 4 is 0 Å². The molecule has 0 bridgehead atoms. The molecule has 0 heteroatoms. The first-order chi connectivity index (χ1) is 7.34. The molecule has 0 amide bonds. The topological polar surface area (TPSA) is 0 Å². The molecule has 1 aromatic carbocycles. The van der Waals surface area contributed by atoms with Gasteiger partial charge >= 0.3 is 0 Å². The van der Waals surface area contributed by atoms with Crippen LogP contribution in [0.3, 0.4) is 0 Å². The van der Waals surface area contributed by atoms with Crippen LogP contribution in [0.2, 0.25) is 0 Å². The zero-order chi connectivity index (χ0) is 11.5. The van der Waals surface area contributed by atoms with Crippen molar-refractivity contribution in [3.8, 4) is 0 Å². The molecule has 1 atom stereocenters. The maximum Gasteiger partial charge on any atom is -0.000710 e. The van der Waals surface area contributed by atoms with E-state index in [4.69, 9.17) is 0 Å². The van der Waals surface area contributed by atoms with Gasteiger partial charge in [0, 0.05) is 0 Å². The first-order valence-corrected chi connectivity index (χ1v) is 4.92. The molecule has 0 aliphatic heterocycles. The lowest BCUT2D eigenvalue weighted by Gasteiger charge is -2.04. The first kappa shape index (κ1) is 13.2. The molecule has 0 saturated carbocycles. The first-order valence-electron chi connectivity index (χ1n) is 4.92. The van der Waals surface area contributed by atoms with Crippen LogP contribution in [0, 0.1) is 0 Å². The quantitative estimate of drug-likeness (QED) is 0.381. The zero-order valence-corrected chi connectivity index (χ0v) is 9.32. The smallest absolute Gasteiger partial charge is 0.000710 e.